The van der Waals surface area contributed by atoms with Crippen molar-refractivity contribution in [3.05, 3.63) is 11.7 Å². The number of piperidine rings is 1. The molecule has 2 heterocycles. The second-order valence-electron chi connectivity index (χ2n) is 6.28. The molecule has 0 bridgehead atoms. The molecule has 3 rings (SSSR count). The highest BCUT2D eigenvalue weighted by molar-refractivity contribution is 7.89. The van der Waals surface area contributed by atoms with Gasteiger partial charge in [-0.3, -0.25) is 0 Å². The summed E-state index contributed by atoms with van der Waals surface area (Å²) in [5.41, 5.74) is 0. The van der Waals surface area contributed by atoms with E-state index in [1.54, 1.807) is 0 Å². The molecule has 0 aromatic carbocycles. The zero-order valence-electron chi connectivity index (χ0n) is 13.0. The minimum Gasteiger partial charge on any atom is -0.339 e. The van der Waals surface area contributed by atoms with Crippen molar-refractivity contribution in [2.45, 2.75) is 43.9 Å². The van der Waals surface area contributed by atoms with Gasteiger partial charge in [-0.25, -0.2) is 13.1 Å². The van der Waals surface area contributed by atoms with E-state index >= 15 is 0 Å². The van der Waals surface area contributed by atoms with E-state index in [1.165, 1.54) is 19.9 Å². The van der Waals surface area contributed by atoms with Crippen molar-refractivity contribution >= 4 is 10.0 Å². The Balaban J connectivity index is 1.50. The molecule has 2 fully saturated rings. The highest BCUT2D eigenvalue weighted by Crippen LogP contribution is 2.39. The first-order chi connectivity index (χ1) is 10.6. The number of nitrogens with zero attached hydrogens (tertiary/aromatic N) is 3. The zero-order chi connectivity index (χ0) is 15.6. The largest absolute Gasteiger partial charge is 0.339 e. The highest BCUT2D eigenvalue weighted by Gasteiger charge is 2.32. The van der Waals surface area contributed by atoms with Crippen LogP contribution >= 0.6 is 0 Å². The lowest BCUT2D eigenvalue weighted by Crippen LogP contribution is -2.36. The summed E-state index contributed by atoms with van der Waals surface area (Å²) in [4.78, 5) is 6.86. The molecule has 1 saturated carbocycles. The lowest BCUT2D eigenvalue weighted by Gasteiger charge is -2.31. The molecule has 1 atom stereocenters. The molecule has 22 heavy (non-hydrogen) atoms. The Bertz CT molecular complexity index is 597. The van der Waals surface area contributed by atoms with Crippen LogP contribution in [0.1, 0.15) is 55.7 Å². The SMILES string of the molecule is CNS(=O)(=O)CCCN1CCC[C@@H](c2noc(C3CC3)n2)C1. The normalized spacial score (nSPS) is 23.8. The molecule has 0 amide bonds. The molecule has 8 heteroatoms. The minimum absolute atomic E-state index is 0.179. The third-order valence-electron chi connectivity index (χ3n) is 4.45. The Hall–Kier alpha value is -0.990. The number of likely N-dealkylation sites (tertiary alicyclic amines) is 1. The summed E-state index contributed by atoms with van der Waals surface area (Å²) < 4.78 is 30.6. The van der Waals surface area contributed by atoms with Crippen LogP contribution < -0.4 is 4.72 Å². The first kappa shape index (κ1) is 15.9. The topological polar surface area (TPSA) is 88.3 Å². The molecular weight excluding hydrogens is 304 g/mol. The molecule has 1 aromatic rings. The van der Waals surface area contributed by atoms with Gasteiger partial charge in [0.25, 0.3) is 0 Å². The molecule has 7 nitrogen and oxygen atoms in total. The summed E-state index contributed by atoms with van der Waals surface area (Å²) in [6.45, 7) is 2.71. The Kier molecular flexibility index (Phi) is 4.79. The van der Waals surface area contributed by atoms with Gasteiger partial charge in [0.05, 0.1) is 5.75 Å². The van der Waals surface area contributed by atoms with Gasteiger partial charge in [0.15, 0.2) is 5.82 Å². The smallest absolute Gasteiger partial charge is 0.229 e. The third-order valence-corrected chi connectivity index (χ3v) is 5.90. The van der Waals surface area contributed by atoms with Crippen LogP contribution in [0.15, 0.2) is 4.52 Å². The van der Waals surface area contributed by atoms with Crippen molar-refractivity contribution in [2.24, 2.45) is 0 Å². The fraction of sp³-hybridized carbons (Fsp3) is 0.857. The molecule has 2 aliphatic rings. The predicted molar refractivity (Wildman–Crippen MR) is 82.2 cm³/mol. The number of rotatable bonds is 7. The second-order valence-corrected chi connectivity index (χ2v) is 8.33. The maximum Gasteiger partial charge on any atom is 0.229 e. The van der Waals surface area contributed by atoms with Crippen molar-refractivity contribution in [3.8, 4) is 0 Å². The molecule has 1 aromatic heterocycles. The zero-order valence-corrected chi connectivity index (χ0v) is 13.8. The van der Waals surface area contributed by atoms with Gasteiger partial charge in [0.2, 0.25) is 15.9 Å². The average Bonchev–Trinajstić information content (AvgIpc) is 3.25. The summed E-state index contributed by atoms with van der Waals surface area (Å²) in [7, 11) is -1.64. The van der Waals surface area contributed by atoms with Gasteiger partial charge in [0, 0.05) is 18.4 Å². The summed E-state index contributed by atoms with van der Waals surface area (Å²) in [5.74, 6) is 2.61. The van der Waals surface area contributed by atoms with Crippen LogP contribution in [0, 0.1) is 0 Å². The molecule has 1 aliphatic carbocycles. The number of hydrogen-bond acceptors (Lipinski definition) is 6. The number of aromatic nitrogens is 2. The van der Waals surface area contributed by atoms with Gasteiger partial charge >= 0.3 is 0 Å². The van der Waals surface area contributed by atoms with E-state index in [9.17, 15) is 8.42 Å². The fourth-order valence-corrected chi connectivity index (χ4v) is 3.67. The molecule has 0 spiro atoms. The molecule has 1 N–H and O–H groups in total. The number of nitrogens with one attached hydrogen (secondary N) is 1. The average molecular weight is 328 g/mol. The molecule has 1 aliphatic heterocycles. The van der Waals surface area contributed by atoms with Crippen molar-refractivity contribution in [3.63, 3.8) is 0 Å². The van der Waals surface area contributed by atoms with Crippen LogP contribution in [0.4, 0.5) is 0 Å². The van der Waals surface area contributed by atoms with Crippen LogP contribution in [0.25, 0.3) is 0 Å². The van der Waals surface area contributed by atoms with Crippen LogP contribution in [0.3, 0.4) is 0 Å². The lowest BCUT2D eigenvalue weighted by molar-refractivity contribution is 0.203. The van der Waals surface area contributed by atoms with E-state index in [2.05, 4.69) is 19.8 Å². The summed E-state index contributed by atoms with van der Waals surface area (Å²) in [6, 6.07) is 0. The monoisotopic (exact) mass is 328 g/mol. The summed E-state index contributed by atoms with van der Waals surface area (Å²) in [5, 5.41) is 4.15. The van der Waals surface area contributed by atoms with Crippen molar-refractivity contribution in [1.29, 1.82) is 0 Å². The van der Waals surface area contributed by atoms with E-state index in [-0.39, 0.29) is 5.75 Å². The van der Waals surface area contributed by atoms with Crippen molar-refractivity contribution in [1.82, 2.24) is 19.8 Å². The van der Waals surface area contributed by atoms with E-state index in [0.29, 0.717) is 18.3 Å². The van der Waals surface area contributed by atoms with E-state index in [0.717, 1.165) is 44.2 Å². The molecule has 0 radical (unpaired) electrons. The molecule has 124 valence electrons. The van der Waals surface area contributed by atoms with E-state index in [4.69, 9.17) is 4.52 Å². The van der Waals surface area contributed by atoms with E-state index < -0.39 is 10.0 Å². The molecule has 0 unspecified atom stereocenters. The van der Waals surface area contributed by atoms with Crippen LogP contribution in [0.5, 0.6) is 0 Å². The Morgan fingerprint density at radius 1 is 1.32 bits per heavy atom. The first-order valence-corrected chi connectivity index (χ1v) is 9.69. The number of sulfonamides is 1. The van der Waals surface area contributed by atoms with Crippen LogP contribution in [0.2, 0.25) is 0 Å². The van der Waals surface area contributed by atoms with E-state index in [1.807, 2.05) is 0 Å². The molecular formula is C14H24N4O3S. The third kappa shape index (κ3) is 4.05. The van der Waals surface area contributed by atoms with Crippen molar-refractivity contribution in [2.75, 3.05) is 32.4 Å². The standard InChI is InChI=1S/C14H24N4O3S/c1-15-22(19,20)9-3-8-18-7-2-4-12(10-18)13-16-14(21-17-13)11-5-6-11/h11-12,15H,2-10H2,1H3/t12-/m1/s1. The van der Waals surface area contributed by atoms with Crippen molar-refractivity contribution < 1.29 is 12.9 Å². The number of hydrogen-bond donors (Lipinski definition) is 1. The van der Waals surface area contributed by atoms with Gasteiger partial charge in [-0.05, 0) is 52.2 Å². The minimum atomic E-state index is -3.10. The maximum atomic E-state index is 11.4. The van der Waals surface area contributed by atoms with Gasteiger partial charge < -0.3 is 9.42 Å². The van der Waals surface area contributed by atoms with Gasteiger partial charge in [-0.2, -0.15) is 4.98 Å². The molecule has 1 saturated heterocycles. The van der Waals surface area contributed by atoms with Gasteiger partial charge in [-0.1, -0.05) is 5.16 Å². The Morgan fingerprint density at radius 3 is 2.86 bits per heavy atom. The predicted octanol–water partition coefficient (Wildman–Crippen LogP) is 1.07. The Labute approximate surface area is 131 Å². The lowest BCUT2D eigenvalue weighted by atomic mass is 9.97. The van der Waals surface area contributed by atoms with Crippen LogP contribution in [-0.4, -0.2) is 55.9 Å². The highest BCUT2D eigenvalue weighted by atomic mass is 32.2. The second kappa shape index (κ2) is 6.64. The van der Waals surface area contributed by atoms with Gasteiger partial charge in [0.1, 0.15) is 0 Å². The quantitative estimate of drug-likeness (QED) is 0.805. The van der Waals surface area contributed by atoms with Gasteiger partial charge in [-0.15, -0.1) is 0 Å². The summed E-state index contributed by atoms with van der Waals surface area (Å²) >= 11 is 0. The summed E-state index contributed by atoms with van der Waals surface area (Å²) in [6.07, 6.45) is 5.15. The fourth-order valence-electron chi connectivity index (χ4n) is 2.96. The first-order valence-electron chi connectivity index (χ1n) is 8.04. The van der Waals surface area contributed by atoms with Crippen LogP contribution in [-0.2, 0) is 10.0 Å². The Morgan fingerprint density at radius 2 is 2.14 bits per heavy atom. The maximum absolute atomic E-state index is 11.4.